The number of methoxy groups -OCH3 is 2. The highest BCUT2D eigenvalue weighted by atomic mass is 79.9. The van der Waals surface area contributed by atoms with Gasteiger partial charge in [0.05, 0.1) is 18.7 Å². The van der Waals surface area contributed by atoms with Crippen LogP contribution in [0.1, 0.15) is 10.4 Å². The third-order valence-electron chi connectivity index (χ3n) is 7.15. The molecule has 0 amide bonds. The van der Waals surface area contributed by atoms with E-state index in [1.807, 2.05) is 41.7 Å². The number of halogens is 1. The maximum absolute atomic E-state index is 11.0. The van der Waals surface area contributed by atoms with Crippen molar-refractivity contribution in [1.29, 1.82) is 0 Å². The first-order valence-electron chi connectivity index (χ1n) is 13.0. The van der Waals surface area contributed by atoms with E-state index in [0.29, 0.717) is 21.5 Å². The SMILES string of the molecule is COc1ccc(-c2cc(-c3ccc(-c4c(Cc5ccccc5)sc5ccccc45)cc3)cc(Br)c2O)c(OC)c1. The Bertz CT molecular complexity index is 1810. The van der Waals surface area contributed by atoms with Crippen LogP contribution in [0.15, 0.2) is 114 Å². The van der Waals surface area contributed by atoms with Crippen LogP contribution in [-0.4, -0.2) is 19.3 Å². The molecule has 40 heavy (non-hydrogen) atoms. The molecule has 6 rings (SSSR count). The lowest BCUT2D eigenvalue weighted by molar-refractivity contribution is 0.395. The van der Waals surface area contributed by atoms with Crippen LogP contribution < -0.4 is 9.47 Å². The summed E-state index contributed by atoms with van der Waals surface area (Å²) in [5.74, 6) is 1.49. The lowest BCUT2D eigenvalue weighted by atomic mass is 9.94. The number of hydrogen-bond acceptors (Lipinski definition) is 4. The van der Waals surface area contributed by atoms with Crippen molar-refractivity contribution in [2.45, 2.75) is 6.42 Å². The van der Waals surface area contributed by atoms with E-state index < -0.39 is 0 Å². The molecule has 0 fully saturated rings. The Balaban J connectivity index is 1.41. The van der Waals surface area contributed by atoms with E-state index in [2.05, 4.69) is 94.8 Å². The minimum Gasteiger partial charge on any atom is -0.506 e. The van der Waals surface area contributed by atoms with Crippen molar-refractivity contribution in [3.8, 4) is 50.6 Å². The Labute approximate surface area is 246 Å². The van der Waals surface area contributed by atoms with Crippen molar-refractivity contribution in [1.82, 2.24) is 0 Å². The van der Waals surface area contributed by atoms with Crippen LogP contribution in [0.5, 0.6) is 17.2 Å². The second-order valence-electron chi connectivity index (χ2n) is 9.56. The van der Waals surface area contributed by atoms with Crippen molar-refractivity contribution in [2.24, 2.45) is 0 Å². The fourth-order valence-corrected chi connectivity index (χ4v) is 6.86. The van der Waals surface area contributed by atoms with Crippen LogP contribution in [-0.2, 0) is 6.42 Å². The van der Waals surface area contributed by atoms with E-state index in [0.717, 1.165) is 23.1 Å². The van der Waals surface area contributed by atoms with Crippen LogP contribution in [0.4, 0.5) is 0 Å². The second kappa shape index (κ2) is 11.2. The highest BCUT2D eigenvalue weighted by Crippen LogP contribution is 2.45. The predicted molar refractivity (Wildman–Crippen MR) is 170 cm³/mol. The molecular formula is C35H27BrO3S. The summed E-state index contributed by atoms with van der Waals surface area (Å²) in [5, 5.41) is 12.2. The summed E-state index contributed by atoms with van der Waals surface area (Å²) in [6, 6.07) is 37.5. The first-order chi connectivity index (χ1) is 19.6. The lowest BCUT2D eigenvalue weighted by Crippen LogP contribution is -1.92. The van der Waals surface area contributed by atoms with Gasteiger partial charge in [0.25, 0.3) is 0 Å². The molecule has 0 bridgehead atoms. The summed E-state index contributed by atoms with van der Waals surface area (Å²) in [5.41, 5.74) is 7.32. The highest BCUT2D eigenvalue weighted by molar-refractivity contribution is 9.10. The van der Waals surface area contributed by atoms with Gasteiger partial charge in [-0.15, -0.1) is 11.3 Å². The second-order valence-corrected chi connectivity index (χ2v) is 11.5. The van der Waals surface area contributed by atoms with Gasteiger partial charge in [0, 0.05) is 44.1 Å². The Morgan fingerprint density at radius 2 is 1.43 bits per heavy atom. The topological polar surface area (TPSA) is 38.7 Å². The molecule has 3 nitrogen and oxygen atoms in total. The molecule has 0 aliphatic rings. The van der Waals surface area contributed by atoms with Crippen molar-refractivity contribution in [2.75, 3.05) is 14.2 Å². The Morgan fingerprint density at radius 3 is 2.17 bits per heavy atom. The first kappa shape index (κ1) is 26.2. The molecule has 5 heteroatoms. The Morgan fingerprint density at radius 1 is 0.700 bits per heavy atom. The number of hydrogen-bond donors (Lipinski definition) is 1. The van der Waals surface area contributed by atoms with Crippen LogP contribution in [0.25, 0.3) is 43.5 Å². The summed E-state index contributed by atoms with van der Waals surface area (Å²) >= 11 is 5.43. The highest BCUT2D eigenvalue weighted by Gasteiger charge is 2.17. The number of fused-ring (bicyclic) bond motifs is 1. The van der Waals surface area contributed by atoms with E-state index in [1.54, 1.807) is 14.2 Å². The van der Waals surface area contributed by atoms with E-state index in [9.17, 15) is 5.11 Å². The predicted octanol–water partition coefficient (Wildman–Crippen LogP) is 9.98. The summed E-state index contributed by atoms with van der Waals surface area (Å²) in [6.45, 7) is 0. The number of aromatic hydroxyl groups is 1. The minimum atomic E-state index is 0.166. The maximum atomic E-state index is 11.0. The normalized spacial score (nSPS) is 11.1. The van der Waals surface area contributed by atoms with Crippen molar-refractivity contribution >= 4 is 37.4 Å². The number of benzene rings is 5. The van der Waals surface area contributed by atoms with Gasteiger partial charge in [-0.3, -0.25) is 0 Å². The zero-order valence-corrected chi connectivity index (χ0v) is 24.6. The van der Waals surface area contributed by atoms with Crippen LogP contribution in [0, 0.1) is 0 Å². The number of ether oxygens (including phenoxy) is 2. The Hall–Kier alpha value is -4.06. The van der Waals surface area contributed by atoms with Gasteiger partial charge in [-0.05, 0) is 68.5 Å². The molecule has 0 aliphatic heterocycles. The van der Waals surface area contributed by atoms with Gasteiger partial charge in [-0.2, -0.15) is 0 Å². The zero-order chi connectivity index (χ0) is 27.6. The molecule has 0 unspecified atom stereocenters. The molecule has 0 spiro atoms. The first-order valence-corrected chi connectivity index (χ1v) is 14.6. The van der Waals surface area contributed by atoms with Gasteiger partial charge in [0.15, 0.2) is 0 Å². The number of thiophene rings is 1. The minimum absolute atomic E-state index is 0.166. The van der Waals surface area contributed by atoms with E-state index in [4.69, 9.17) is 9.47 Å². The molecule has 5 aromatic carbocycles. The molecule has 6 aromatic rings. The van der Waals surface area contributed by atoms with E-state index in [1.165, 1.54) is 31.7 Å². The summed E-state index contributed by atoms with van der Waals surface area (Å²) in [4.78, 5) is 1.36. The molecule has 0 saturated carbocycles. The molecule has 0 saturated heterocycles. The van der Waals surface area contributed by atoms with Gasteiger partial charge in [-0.25, -0.2) is 0 Å². The zero-order valence-electron chi connectivity index (χ0n) is 22.1. The standard InChI is InChI=1S/C35H27BrO3S/c1-38-26-16-17-27(31(21-26)39-2)29-19-25(20-30(36)35(29)37)23-12-14-24(15-13-23)34-28-10-6-7-11-32(28)40-33(34)18-22-8-4-3-5-9-22/h3-17,19-21,37H,18H2,1-2H3. The summed E-state index contributed by atoms with van der Waals surface area (Å²) < 4.78 is 12.9. The molecule has 0 atom stereocenters. The van der Waals surface area contributed by atoms with Gasteiger partial charge in [-0.1, -0.05) is 72.8 Å². The van der Waals surface area contributed by atoms with Gasteiger partial charge < -0.3 is 14.6 Å². The molecule has 1 heterocycles. The average molecular weight is 608 g/mol. The summed E-state index contributed by atoms with van der Waals surface area (Å²) in [7, 11) is 3.24. The molecular weight excluding hydrogens is 580 g/mol. The maximum Gasteiger partial charge on any atom is 0.137 e. The van der Waals surface area contributed by atoms with Crippen LogP contribution >= 0.6 is 27.3 Å². The number of rotatable bonds is 7. The van der Waals surface area contributed by atoms with Crippen LogP contribution in [0.3, 0.4) is 0 Å². The fourth-order valence-electron chi connectivity index (χ4n) is 5.14. The molecule has 0 aliphatic carbocycles. The van der Waals surface area contributed by atoms with E-state index >= 15 is 0 Å². The molecule has 1 N–H and O–H groups in total. The quantitative estimate of drug-likeness (QED) is 0.196. The third-order valence-corrected chi connectivity index (χ3v) is 8.92. The van der Waals surface area contributed by atoms with Crippen molar-refractivity contribution < 1.29 is 14.6 Å². The van der Waals surface area contributed by atoms with Crippen LogP contribution in [0.2, 0.25) is 0 Å². The number of phenolic OH excluding ortho intramolecular Hbond substituents is 1. The average Bonchev–Trinajstić information content (AvgIpc) is 3.36. The third kappa shape index (κ3) is 4.99. The van der Waals surface area contributed by atoms with E-state index in [-0.39, 0.29) is 5.75 Å². The molecule has 1 aromatic heterocycles. The molecule has 0 radical (unpaired) electrons. The van der Waals surface area contributed by atoms with Gasteiger partial charge in [0.2, 0.25) is 0 Å². The van der Waals surface area contributed by atoms with Crippen molar-refractivity contribution in [3.05, 3.63) is 124 Å². The monoisotopic (exact) mass is 606 g/mol. The Kier molecular flexibility index (Phi) is 7.33. The number of phenols is 1. The van der Waals surface area contributed by atoms with Gasteiger partial charge >= 0.3 is 0 Å². The smallest absolute Gasteiger partial charge is 0.137 e. The van der Waals surface area contributed by atoms with Gasteiger partial charge in [0.1, 0.15) is 17.2 Å². The van der Waals surface area contributed by atoms with Crippen molar-refractivity contribution in [3.63, 3.8) is 0 Å². The molecule has 198 valence electrons. The lowest BCUT2D eigenvalue weighted by Gasteiger charge is -2.15. The largest absolute Gasteiger partial charge is 0.506 e. The summed E-state index contributed by atoms with van der Waals surface area (Å²) in [6.07, 6.45) is 0.898. The fraction of sp³-hybridized carbons (Fsp3) is 0.0857.